The Hall–Kier alpha value is -3.53. The summed E-state index contributed by atoms with van der Waals surface area (Å²) in [5.74, 6) is 0.249. The van der Waals surface area contributed by atoms with E-state index in [9.17, 15) is 14.0 Å². The number of nitrogens with one attached hydrogen (secondary N) is 2. The van der Waals surface area contributed by atoms with Gasteiger partial charge in [-0.2, -0.15) is 0 Å². The lowest BCUT2D eigenvalue weighted by Crippen LogP contribution is -2.27. The van der Waals surface area contributed by atoms with Crippen molar-refractivity contribution >= 4 is 28.6 Å². The van der Waals surface area contributed by atoms with Crippen LogP contribution in [0.5, 0.6) is 0 Å². The molecule has 0 aliphatic carbocycles. The average molecular weight is 467 g/mol. The van der Waals surface area contributed by atoms with Crippen LogP contribution in [0.1, 0.15) is 41.1 Å². The molecular weight excluding hydrogens is 443 g/mol. The third kappa shape index (κ3) is 4.95. The van der Waals surface area contributed by atoms with Gasteiger partial charge in [-0.15, -0.1) is 10.2 Å². The molecule has 0 aliphatic rings. The molecule has 2 heterocycles. The lowest BCUT2D eigenvalue weighted by atomic mass is 10.2. The molecule has 10 heteroatoms. The van der Waals surface area contributed by atoms with Gasteiger partial charge in [0, 0.05) is 19.5 Å². The van der Waals surface area contributed by atoms with Gasteiger partial charge in [0.1, 0.15) is 17.5 Å². The van der Waals surface area contributed by atoms with Crippen LogP contribution in [-0.2, 0) is 13.0 Å². The second-order valence-corrected chi connectivity index (χ2v) is 8.67. The molecule has 2 aromatic carbocycles. The molecule has 2 N–H and O–H groups in total. The molecule has 0 saturated carbocycles. The molecule has 0 aliphatic heterocycles. The first-order valence-electron chi connectivity index (χ1n) is 10.6. The van der Waals surface area contributed by atoms with E-state index in [1.165, 1.54) is 23.9 Å². The maximum atomic E-state index is 13.8. The number of amides is 1. The summed E-state index contributed by atoms with van der Waals surface area (Å²) in [4.78, 5) is 32.0. The first-order chi connectivity index (χ1) is 16.0. The van der Waals surface area contributed by atoms with Gasteiger partial charge in [-0.25, -0.2) is 9.37 Å². The zero-order valence-electron chi connectivity index (χ0n) is 18.2. The van der Waals surface area contributed by atoms with Crippen LogP contribution < -0.4 is 10.9 Å². The van der Waals surface area contributed by atoms with E-state index < -0.39 is 11.7 Å². The summed E-state index contributed by atoms with van der Waals surface area (Å²) < 4.78 is 15.7. The number of H-pyrrole nitrogens is 1. The Morgan fingerprint density at radius 1 is 1.18 bits per heavy atom. The number of para-hydroxylation sites is 1. The van der Waals surface area contributed by atoms with Crippen molar-refractivity contribution < 1.29 is 9.18 Å². The smallest absolute Gasteiger partial charge is 0.258 e. The number of nitrogens with zero attached hydrogens (tertiary/aromatic N) is 4. The van der Waals surface area contributed by atoms with Crippen LogP contribution >= 0.6 is 11.8 Å². The molecule has 1 amide bonds. The average Bonchev–Trinajstić information content (AvgIpc) is 3.20. The van der Waals surface area contributed by atoms with Crippen LogP contribution in [0.15, 0.2) is 58.5 Å². The molecular formula is C23H23FN6O2S. The minimum Gasteiger partial charge on any atom is -0.351 e. The quantitative estimate of drug-likeness (QED) is 0.385. The Labute approximate surface area is 193 Å². The predicted molar refractivity (Wildman–Crippen MR) is 125 cm³/mol. The second-order valence-electron chi connectivity index (χ2n) is 7.36. The third-order valence-corrected chi connectivity index (χ3v) is 6.25. The maximum absolute atomic E-state index is 13.8. The molecule has 4 aromatic rings. The highest BCUT2D eigenvalue weighted by molar-refractivity contribution is 7.99. The number of rotatable bonds is 8. The number of hydrogen-bond donors (Lipinski definition) is 2. The van der Waals surface area contributed by atoms with Crippen molar-refractivity contribution in [2.75, 3.05) is 6.54 Å². The van der Waals surface area contributed by atoms with E-state index in [1.54, 1.807) is 24.3 Å². The molecule has 1 atom stereocenters. The van der Waals surface area contributed by atoms with Gasteiger partial charge in [0.2, 0.25) is 0 Å². The van der Waals surface area contributed by atoms with E-state index >= 15 is 0 Å². The van der Waals surface area contributed by atoms with Gasteiger partial charge < -0.3 is 14.9 Å². The van der Waals surface area contributed by atoms with Crippen LogP contribution in [0.25, 0.3) is 10.9 Å². The number of aromatic amines is 1. The maximum Gasteiger partial charge on any atom is 0.258 e. The minimum atomic E-state index is -0.556. The molecule has 170 valence electrons. The first kappa shape index (κ1) is 22.7. The summed E-state index contributed by atoms with van der Waals surface area (Å²) in [6.07, 6.45) is 0.445. The topological polar surface area (TPSA) is 106 Å². The summed E-state index contributed by atoms with van der Waals surface area (Å²) >= 11 is 1.44. The van der Waals surface area contributed by atoms with Crippen molar-refractivity contribution in [3.63, 3.8) is 0 Å². The van der Waals surface area contributed by atoms with Gasteiger partial charge in [-0.1, -0.05) is 36.0 Å². The van der Waals surface area contributed by atoms with Gasteiger partial charge in [-0.05, 0) is 38.1 Å². The molecule has 33 heavy (non-hydrogen) atoms. The molecule has 0 saturated heterocycles. The molecule has 0 spiro atoms. The van der Waals surface area contributed by atoms with Crippen LogP contribution in [0, 0.1) is 5.82 Å². The van der Waals surface area contributed by atoms with Gasteiger partial charge in [0.05, 0.1) is 21.7 Å². The number of aromatic nitrogens is 5. The number of carbonyl (C=O) groups excluding carboxylic acids is 1. The third-order valence-electron chi connectivity index (χ3n) is 5.16. The van der Waals surface area contributed by atoms with Crippen molar-refractivity contribution in [3.05, 3.63) is 81.9 Å². The SMILES string of the molecule is CCn1c(CCNC(=O)c2ccccc2F)nnc1S[C@@H](C)c1nc2ccccc2c(=O)[nH]1. The Morgan fingerprint density at radius 2 is 1.94 bits per heavy atom. The number of thioether (sulfide) groups is 1. The van der Waals surface area contributed by atoms with Gasteiger partial charge >= 0.3 is 0 Å². The highest BCUT2D eigenvalue weighted by Gasteiger charge is 2.18. The standard InChI is InChI=1S/C23H23FN6O2S/c1-3-30-19(12-13-25-21(31)15-8-4-6-10-17(15)24)28-29-23(30)33-14(2)20-26-18-11-7-5-9-16(18)22(32)27-20/h4-11,14H,3,12-13H2,1-2H3,(H,25,31)(H,26,27,32)/t14-/m0/s1. The van der Waals surface area contributed by atoms with Gasteiger partial charge in [-0.3, -0.25) is 9.59 Å². The number of carbonyl (C=O) groups is 1. The van der Waals surface area contributed by atoms with Crippen molar-refractivity contribution in [2.24, 2.45) is 0 Å². The number of halogens is 1. The Balaban J connectivity index is 1.44. The van der Waals surface area contributed by atoms with Crippen LogP contribution in [0.2, 0.25) is 0 Å². The lowest BCUT2D eigenvalue weighted by molar-refractivity contribution is 0.0950. The fourth-order valence-corrected chi connectivity index (χ4v) is 4.44. The van der Waals surface area contributed by atoms with Crippen molar-refractivity contribution in [1.29, 1.82) is 0 Å². The van der Waals surface area contributed by atoms with Crippen molar-refractivity contribution in [2.45, 2.75) is 37.2 Å². The Morgan fingerprint density at radius 3 is 2.73 bits per heavy atom. The lowest BCUT2D eigenvalue weighted by Gasteiger charge is -2.12. The van der Waals surface area contributed by atoms with E-state index in [2.05, 4.69) is 25.5 Å². The van der Waals surface area contributed by atoms with Gasteiger partial charge in [0.15, 0.2) is 5.16 Å². The molecule has 0 unspecified atom stereocenters. The normalized spacial score (nSPS) is 12.1. The van der Waals surface area contributed by atoms with Crippen LogP contribution in [0.3, 0.4) is 0 Å². The largest absolute Gasteiger partial charge is 0.351 e. The van der Waals surface area contributed by atoms with Crippen molar-refractivity contribution in [1.82, 2.24) is 30.0 Å². The minimum absolute atomic E-state index is 0.0106. The fraction of sp³-hybridized carbons (Fsp3) is 0.261. The van der Waals surface area contributed by atoms with E-state index in [0.29, 0.717) is 47.2 Å². The first-order valence-corrected chi connectivity index (χ1v) is 11.5. The van der Waals surface area contributed by atoms with Crippen molar-refractivity contribution in [3.8, 4) is 0 Å². The van der Waals surface area contributed by atoms with Crippen LogP contribution in [0.4, 0.5) is 4.39 Å². The Bertz CT molecular complexity index is 1350. The number of hydrogen-bond acceptors (Lipinski definition) is 6. The number of fused-ring (bicyclic) bond motifs is 1. The molecule has 0 radical (unpaired) electrons. The summed E-state index contributed by atoms with van der Waals surface area (Å²) in [6.45, 7) is 4.86. The molecule has 0 fully saturated rings. The fourth-order valence-electron chi connectivity index (χ4n) is 3.45. The summed E-state index contributed by atoms with van der Waals surface area (Å²) in [7, 11) is 0. The summed E-state index contributed by atoms with van der Waals surface area (Å²) in [6, 6.07) is 13.1. The molecule has 8 nitrogen and oxygen atoms in total. The summed E-state index contributed by atoms with van der Waals surface area (Å²) in [5.41, 5.74) is 0.481. The molecule has 0 bridgehead atoms. The van der Waals surface area contributed by atoms with Gasteiger partial charge in [0.25, 0.3) is 11.5 Å². The molecule has 4 rings (SSSR count). The number of benzene rings is 2. The zero-order chi connectivity index (χ0) is 23.4. The molecule has 2 aromatic heterocycles. The highest BCUT2D eigenvalue weighted by Crippen LogP contribution is 2.32. The van der Waals surface area contributed by atoms with Crippen LogP contribution in [-0.4, -0.2) is 37.2 Å². The predicted octanol–water partition coefficient (Wildman–Crippen LogP) is 3.50. The Kier molecular flexibility index (Phi) is 6.83. The van der Waals surface area contributed by atoms with E-state index in [4.69, 9.17) is 0 Å². The van der Waals surface area contributed by atoms with E-state index in [1.807, 2.05) is 30.5 Å². The zero-order valence-corrected chi connectivity index (χ0v) is 19.0. The van der Waals surface area contributed by atoms with E-state index in [-0.39, 0.29) is 16.4 Å². The highest BCUT2D eigenvalue weighted by atomic mass is 32.2. The summed E-state index contributed by atoms with van der Waals surface area (Å²) in [5, 5.41) is 12.4. The van der Waals surface area contributed by atoms with E-state index in [0.717, 1.165) is 0 Å². The second kappa shape index (κ2) is 9.95. The monoisotopic (exact) mass is 466 g/mol.